The van der Waals surface area contributed by atoms with Crippen LogP contribution >= 0.6 is 0 Å². The van der Waals surface area contributed by atoms with Crippen LogP contribution in [0.2, 0.25) is 0 Å². The molecular formula is C14H25N5O2. The SMILES string of the molecule is NCc1nc(CN2CCCCC2CN2CCOCC2)no1. The first-order valence-electron chi connectivity index (χ1n) is 7.91. The predicted octanol–water partition coefficient (Wildman–Crippen LogP) is 0.215. The summed E-state index contributed by atoms with van der Waals surface area (Å²) in [5, 5.41) is 4.02. The summed E-state index contributed by atoms with van der Waals surface area (Å²) in [5.74, 6) is 1.27. The van der Waals surface area contributed by atoms with Crippen molar-refractivity contribution in [1.29, 1.82) is 0 Å². The molecule has 1 aromatic heterocycles. The average Bonchev–Trinajstić information content (AvgIpc) is 2.98. The van der Waals surface area contributed by atoms with Gasteiger partial charge in [-0.3, -0.25) is 9.80 Å². The highest BCUT2D eigenvalue weighted by molar-refractivity contribution is 4.89. The quantitative estimate of drug-likeness (QED) is 0.832. The molecule has 0 aliphatic carbocycles. The summed E-state index contributed by atoms with van der Waals surface area (Å²) >= 11 is 0. The third kappa shape index (κ3) is 4.00. The fourth-order valence-corrected chi connectivity index (χ4v) is 3.18. The molecule has 1 atom stereocenters. The van der Waals surface area contributed by atoms with Gasteiger partial charge in [-0.05, 0) is 19.4 Å². The van der Waals surface area contributed by atoms with E-state index in [-0.39, 0.29) is 0 Å². The van der Waals surface area contributed by atoms with Crippen LogP contribution in [0.3, 0.4) is 0 Å². The fraction of sp³-hybridized carbons (Fsp3) is 0.857. The number of morpholine rings is 1. The minimum Gasteiger partial charge on any atom is -0.379 e. The van der Waals surface area contributed by atoms with Crippen LogP contribution in [0.5, 0.6) is 0 Å². The highest BCUT2D eigenvalue weighted by atomic mass is 16.5. The van der Waals surface area contributed by atoms with E-state index in [1.54, 1.807) is 0 Å². The van der Waals surface area contributed by atoms with E-state index in [2.05, 4.69) is 19.9 Å². The molecule has 21 heavy (non-hydrogen) atoms. The number of piperidine rings is 1. The maximum Gasteiger partial charge on any atom is 0.240 e. The summed E-state index contributed by atoms with van der Waals surface area (Å²) in [6, 6.07) is 0.580. The van der Waals surface area contributed by atoms with Crippen LogP contribution in [-0.2, 0) is 17.8 Å². The number of hydrogen-bond donors (Lipinski definition) is 1. The van der Waals surface area contributed by atoms with Crippen LogP contribution in [0.4, 0.5) is 0 Å². The molecule has 2 aliphatic heterocycles. The fourth-order valence-electron chi connectivity index (χ4n) is 3.18. The maximum atomic E-state index is 5.52. The Balaban J connectivity index is 1.57. The van der Waals surface area contributed by atoms with Crippen molar-refractivity contribution in [3.05, 3.63) is 11.7 Å². The van der Waals surface area contributed by atoms with E-state index >= 15 is 0 Å². The van der Waals surface area contributed by atoms with Gasteiger partial charge in [-0.2, -0.15) is 4.98 Å². The van der Waals surface area contributed by atoms with Gasteiger partial charge in [0.25, 0.3) is 0 Å². The van der Waals surface area contributed by atoms with Crippen LogP contribution in [0, 0.1) is 0 Å². The first kappa shape index (κ1) is 14.9. The van der Waals surface area contributed by atoms with Crippen molar-refractivity contribution in [2.24, 2.45) is 5.73 Å². The third-order valence-corrected chi connectivity index (χ3v) is 4.35. The van der Waals surface area contributed by atoms with Gasteiger partial charge in [0, 0.05) is 25.7 Å². The van der Waals surface area contributed by atoms with Crippen LogP contribution < -0.4 is 5.73 Å². The molecule has 0 amide bonds. The van der Waals surface area contributed by atoms with Crippen LogP contribution in [0.1, 0.15) is 31.0 Å². The van der Waals surface area contributed by atoms with Crippen LogP contribution in [0.15, 0.2) is 4.52 Å². The Bertz CT molecular complexity index is 433. The molecular weight excluding hydrogens is 270 g/mol. The molecule has 0 saturated carbocycles. The first-order valence-corrected chi connectivity index (χ1v) is 7.91. The van der Waals surface area contributed by atoms with E-state index in [9.17, 15) is 0 Å². The van der Waals surface area contributed by atoms with Gasteiger partial charge < -0.3 is 15.0 Å². The molecule has 7 nitrogen and oxygen atoms in total. The van der Waals surface area contributed by atoms with E-state index in [4.69, 9.17) is 15.0 Å². The molecule has 0 aromatic carbocycles. The van der Waals surface area contributed by atoms with Crippen LogP contribution in [0.25, 0.3) is 0 Å². The number of aromatic nitrogens is 2. The molecule has 2 aliphatic rings. The Labute approximate surface area is 125 Å². The van der Waals surface area contributed by atoms with E-state index in [1.165, 1.54) is 19.3 Å². The molecule has 0 spiro atoms. The summed E-state index contributed by atoms with van der Waals surface area (Å²) in [5.41, 5.74) is 5.52. The Morgan fingerprint density at radius 3 is 2.81 bits per heavy atom. The molecule has 2 fully saturated rings. The first-order chi connectivity index (χ1) is 10.3. The van der Waals surface area contributed by atoms with E-state index in [0.29, 0.717) is 18.5 Å². The molecule has 0 radical (unpaired) electrons. The summed E-state index contributed by atoms with van der Waals surface area (Å²) in [4.78, 5) is 9.32. The molecule has 2 saturated heterocycles. The lowest BCUT2D eigenvalue weighted by Gasteiger charge is -2.39. The Morgan fingerprint density at radius 1 is 1.19 bits per heavy atom. The highest BCUT2D eigenvalue weighted by Gasteiger charge is 2.26. The molecule has 1 aromatic rings. The highest BCUT2D eigenvalue weighted by Crippen LogP contribution is 2.20. The zero-order valence-electron chi connectivity index (χ0n) is 12.5. The smallest absolute Gasteiger partial charge is 0.240 e. The number of nitrogens with zero attached hydrogens (tertiary/aromatic N) is 4. The predicted molar refractivity (Wildman–Crippen MR) is 77.5 cm³/mol. The van der Waals surface area contributed by atoms with Gasteiger partial charge in [0.2, 0.25) is 5.89 Å². The Morgan fingerprint density at radius 2 is 2.05 bits per heavy atom. The minimum atomic E-state index is 0.310. The second-order valence-electron chi connectivity index (χ2n) is 5.84. The van der Waals surface area contributed by atoms with E-state index in [1.807, 2.05) is 0 Å². The van der Waals surface area contributed by atoms with Crippen molar-refractivity contribution in [3.63, 3.8) is 0 Å². The van der Waals surface area contributed by atoms with Crippen molar-refractivity contribution in [3.8, 4) is 0 Å². The second-order valence-corrected chi connectivity index (χ2v) is 5.84. The molecule has 0 bridgehead atoms. The minimum absolute atomic E-state index is 0.310. The molecule has 1 unspecified atom stereocenters. The lowest BCUT2D eigenvalue weighted by atomic mass is 10.0. The number of hydrogen-bond acceptors (Lipinski definition) is 7. The Kier molecular flexibility index (Phi) is 5.18. The molecule has 2 N–H and O–H groups in total. The van der Waals surface area contributed by atoms with Crippen molar-refractivity contribution in [2.75, 3.05) is 39.4 Å². The number of ether oxygens (including phenoxy) is 1. The maximum absolute atomic E-state index is 5.52. The molecule has 3 heterocycles. The summed E-state index contributed by atoms with van der Waals surface area (Å²) in [6.45, 7) is 7.11. The second kappa shape index (κ2) is 7.31. The molecule has 7 heteroatoms. The van der Waals surface area contributed by atoms with Gasteiger partial charge in [0.05, 0.1) is 26.3 Å². The van der Waals surface area contributed by atoms with Gasteiger partial charge in [-0.15, -0.1) is 0 Å². The standard InChI is InChI=1S/C14H25N5O2/c15-9-14-16-13(17-21-14)11-19-4-2-1-3-12(19)10-18-5-7-20-8-6-18/h12H,1-11,15H2. The third-order valence-electron chi connectivity index (χ3n) is 4.35. The van der Waals surface area contributed by atoms with Gasteiger partial charge in [0.15, 0.2) is 5.82 Å². The van der Waals surface area contributed by atoms with Gasteiger partial charge in [-0.1, -0.05) is 11.6 Å². The lowest BCUT2D eigenvalue weighted by molar-refractivity contribution is 0.0148. The van der Waals surface area contributed by atoms with Crippen LogP contribution in [-0.4, -0.2) is 65.4 Å². The summed E-state index contributed by atoms with van der Waals surface area (Å²) in [7, 11) is 0. The number of likely N-dealkylation sites (tertiary alicyclic amines) is 1. The summed E-state index contributed by atoms with van der Waals surface area (Å²) in [6.07, 6.45) is 3.81. The number of nitrogens with two attached hydrogens (primary N) is 1. The van der Waals surface area contributed by atoms with Gasteiger partial charge in [0.1, 0.15) is 0 Å². The van der Waals surface area contributed by atoms with Gasteiger partial charge >= 0.3 is 0 Å². The van der Waals surface area contributed by atoms with E-state index < -0.39 is 0 Å². The largest absolute Gasteiger partial charge is 0.379 e. The van der Waals surface area contributed by atoms with Crippen molar-refractivity contribution >= 4 is 0 Å². The molecule has 3 rings (SSSR count). The molecule has 118 valence electrons. The average molecular weight is 295 g/mol. The lowest BCUT2D eigenvalue weighted by Crippen LogP contribution is -2.49. The zero-order chi connectivity index (χ0) is 14.5. The van der Waals surface area contributed by atoms with Crippen molar-refractivity contribution in [2.45, 2.75) is 38.4 Å². The van der Waals surface area contributed by atoms with Crippen molar-refractivity contribution < 1.29 is 9.26 Å². The normalized spacial score (nSPS) is 25.3. The summed E-state index contributed by atoms with van der Waals surface area (Å²) < 4.78 is 10.5. The Hall–Kier alpha value is -1.02. The van der Waals surface area contributed by atoms with E-state index in [0.717, 1.165) is 51.8 Å². The zero-order valence-corrected chi connectivity index (χ0v) is 12.5. The topological polar surface area (TPSA) is 80.7 Å². The van der Waals surface area contributed by atoms with Gasteiger partial charge in [-0.25, -0.2) is 0 Å². The number of rotatable bonds is 5. The monoisotopic (exact) mass is 295 g/mol. The van der Waals surface area contributed by atoms with Crippen molar-refractivity contribution in [1.82, 2.24) is 19.9 Å².